The molecule has 0 fully saturated rings. The van der Waals surface area contributed by atoms with Crippen LogP contribution in [0.25, 0.3) is 5.00 Å². The number of carbonyl (C=O) groups is 1. The van der Waals surface area contributed by atoms with Crippen molar-refractivity contribution in [2.75, 3.05) is 5.32 Å². The molecule has 23 heavy (non-hydrogen) atoms. The molecule has 3 aromatic rings. The molecule has 0 unspecified atom stereocenters. The summed E-state index contributed by atoms with van der Waals surface area (Å²) >= 11 is 4.99. The Morgan fingerprint density at radius 1 is 1.26 bits per heavy atom. The number of anilines is 1. The summed E-state index contributed by atoms with van der Waals surface area (Å²) in [5.41, 5.74) is 2.59. The van der Waals surface area contributed by atoms with Crippen molar-refractivity contribution in [2.45, 2.75) is 19.3 Å². The van der Waals surface area contributed by atoms with E-state index >= 15 is 0 Å². The molecule has 1 aromatic carbocycles. The van der Waals surface area contributed by atoms with E-state index in [1.54, 1.807) is 16.0 Å². The Labute approximate surface area is 144 Å². The Morgan fingerprint density at radius 2 is 2.09 bits per heavy atom. The third-order valence-corrected chi connectivity index (χ3v) is 5.60. The summed E-state index contributed by atoms with van der Waals surface area (Å²) in [6, 6.07) is 7.53. The second-order valence-corrected chi connectivity index (χ2v) is 7.25. The minimum Gasteiger partial charge on any atom is -0.322 e. The highest BCUT2D eigenvalue weighted by atomic mass is 79.9. The van der Waals surface area contributed by atoms with E-state index in [2.05, 4.69) is 36.8 Å². The lowest BCUT2D eigenvalue weighted by molar-refractivity contribution is 0.102. The first-order chi connectivity index (χ1) is 11.2. The van der Waals surface area contributed by atoms with E-state index in [-0.39, 0.29) is 5.91 Å². The Hall–Kier alpha value is -2.06. The largest absolute Gasteiger partial charge is 0.322 e. The van der Waals surface area contributed by atoms with Gasteiger partial charge in [-0.15, -0.1) is 16.4 Å². The standard InChI is InChI=1S/C15H12BrN5OS/c16-9-4-6-10(7-5-9)18-14(22)13-11-2-1-3-12(11)23-15(13)21-8-17-19-20-21/h4-8H,1-3H2,(H,18,22). The molecule has 2 heterocycles. The Balaban J connectivity index is 1.72. The van der Waals surface area contributed by atoms with Gasteiger partial charge in [0.15, 0.2) is 0 Å². The minimum atomic E-state index is -0.114. The van der Waals surface area contributed by atoms with Crippen molar-refractivity contribution in [3.63, 3.8) is 0 Å². The number of nitrogens with zero attached hydrogens (tertiary/aromatic N) is 4. The summed E-state index contributed by atoms with van der Waals surface area (Å²) in [6.07, 6.45) is 4.56. The normalized spacial score (nSPS) is 13.1. The maximum Gasteiger partial charge on any atom is 0.259 e. The zero-order valence-corrected chi connectivity index (χ0v) is 14.4. The molecule has 1 amide bonds. The third-order valence-electron chi connectivity index (χ3n) is 3.79. The molecule has 1 aliphatic rings. The van der Waals surface area contributed by atoms with Crippen LogP contribution in [-0.4, -0.2) is 26.1 Å². The van der Waals surface area contributed by atoms with Gasteiger partial charge in [-0.1, -0.05) is 15.9 Å². The topological polar surface area (TPSA) is 72.7 Å². The molecule has 4 rings (SSSR count). The maximum absolute atomic E-state index is 12.8. The van der Waals surface area contributed by atoms with E-state index in [1.165, 1.54) is 11.2 Å². The average Bonchev–Trinajstić information content (AvgIpc) is 3.24. The molecule has 1 aliphatic carbocycles. The van der Waals surface area contributed by atoms with E-state index in [1.807, 2.05) is 24.3 Å². The molecule has 0 saturated carbocycles. The van der Waals surface area contributed by atoms with Gasteiger partial charge < -0.3 is 5.32 Å². The van der Waals surface area contributed by atoms with E-state index in [4.69, 9.17) is 0 Å². The fourth-order valence-electron chi connectivity index (χ4n) is 2.77. The highest BCUT2D eigenvalue weighted by Gasteiger charge is 2.28. The van der Waals surface area contributed by atoms with Gasteiger partial charge in [-0.05, 0) is 59.5 Å². The SMILES string of the molecule is O=C(Nc1ccc(Br)cc1)c1c(-n2cnnn2)sc2c1CCC2. The van der Waals surface area contributed by atoms with Gasteiger partial charge in [0, 0.05) is 15.0 Å². The monoisotopic (exact) mass is 389 g/mol. The predicted octanol–water partition coefficient (Wildman–Crippen LogP) is 3.23. The van der Waals surface area contributed by atoms with Gasteiger partial charge >= 0.3 is 0 Å². The Morgan fingerprint density at radius 3 is 2.83 bits per heavy atom. The number of thiophene rings is 1. The minimum absolute atomic E-state index is 0.114. The number of amides is 1. The van der Waals surface area contributed by atoms with E-state index in [0.29, 0.717) is 5.56 Å². The summed E-state index contributed by atoms with van der Waals surface area (Å²) < 4.78 is 2.54. The number of benzene rings is 1. The molecule has 0 aliphatic heterocycles. The van der Waals surface area contributed by atoms with Gasteiger partial charge in [0.25, 0.3) is 5.91 Å². The number of nitrogens with one attached hydrogen (secondary N) is 1. The van der Waals surface area contributed by atoms with Crippen LogP contribution in [0.15, 0.2) is 35.1 Å². The molecule has 0 bridgehead atoms. The van der Waals surface area contributed by atoms with Gasteiger partial charge in [-0.3, -0.25) is 4.79 Å². The number of aryl methyl sites for hydroxylation is 1. The highest BCUT2D eigenvalue weighted by molar-refractivity contribution is 9.10. The van der Waals surface area contributed by atoms with Crippen LogP contribution >= 0.6 is 27.3 Å². The van der Waals surface area contributed by atoms with Gasteiger partial charge in [0.2, 0.25) is 0 Å². The van der Waals surface area contributed by atoms with Crippen molar-refractivity contribution in [2.24, 2.45) is 0 Å². The first-order valence-electron chi connectivity index (χ1n) is 7.17. The molecule has 6 nitrogen and oxygen atoms in total. The lowest BCUT2D eigenvalue weighted by Gasteiger charge is -2.08. The van der Waals surface area contributed by atoms with Crippen LogP contribution in [0.3, 0.4) is 0 Å². The number of carbonyl (C=O) groups excluding carboxylic acids is 1. The van der Waals surface area contributed by atoms with Crippen LogP contribution in [0.1, 0.15) is 27.2 Å². The molecule has 0 atom stereocenters. The van der Waals surface area contributed by atoms with Crippen molar-refractivity contribution in [3.8, 4) is 5.00 Å². The second kappa shape index (κ2) is 5.86. The summed E-state index contributed by atoms with van der Waals surface area (Å²) in [5.74, 6) is -0.114. The van der Waals surface area contributed by atoms with Gasteiger partial charge in [-0.25, -0.2) is 0 Å². The van der Waals surface area contributed by atoms with Crippen LogP contribution in [-0.2, 0) is 12.8 Å². The molecule has 0 saturated heterocycles. The molecule has 1 N–H and O–H groups in total. The van der Waals surface area contributed by atoms with Crippen LogP contribution in [0.5, 0.6) is 0 Å². The summed E-state index contributed by atoms with van der Waals surface area (Å²) in [6.45, 7) is 0. The first kappa shape index (κ1) is 14.5. The van der Waals surface area contributed by atoms with Crippen molar-refractivity contribution in [1.82, 2.24) is 20.2 Å². The number of rotatable bonds is 3. The molecule has 8 heteroatoms. The van der Waals surface area contributed by atoms with E-state index in [9.17, 15) is 4.79 Å². The summed E-state index contributed by atoms with van der Waals surface area (Å²) in [7, 11) is 0. The first-order valence-corrected chi connectivity index (χ1v) is 8.78. The molecule has 116 valence electrons. The van der Waals surface area contributed by atoms with Crippen LogP contribution in [0.4, 0.5) is 5.69 Å². The lowest BCUT2D eigenvalue weighted by atomic mass is 10.1. The number of tetrazole rings is 1. The summed E-state index contributed by atoms with van der Waals surface area (Å²) in [5, 5.41) is 15.1. The fourth-order valence-corrected chi connectivity index (χ4v) is 4.33. The van der Waals surface area contributed by atoms with Crippen molar-refractivity contribution >= 4 is 38.9 Å². The Kier molecular flexibility index (Phi) is 3.70. The molecular formula is C15H12BrN5OS. The van der Waals surface area contributed by atoms with Crippen LogP contribution in [0, 0.1) is 0 Å². The van der Waals surface area contributed by atoms with Gasteiger partial charge in [-0.2, -0.15) is 4.68 Å². The number of hydrogen-bond acceptors (Lipinski definition) is 5. The zero-order chi connectivity index (χ0) is 15.8. The lowest BCUT2D eigenvalue weighted by Crippen LogP contribution is -2.15. The number of fused-ring (bicyclic) bond motifs is 1. The number of halogens is 1. The quantitative estimate of drug-likeness (QED) is 0.746. The Bertz CT molecular complexity index is 857. The molecule has 2 aromatic heterocycles. The number of hydrogen-bond donors (Lipinski definition) is 1. The second-order valence-electron chi connectivity index (χ2n) is 5.25. The molecule has 0 spiro atoms. The predicted molar refractivity (Wildman–Crippen MR) is 91.2 cm³/mol. The summed E-state index contributed by atoms with van der Waals surface area (Å²) in [4.78, 5) is 14.1. The highest BCUT2D eigenvalue weighted by Crippen LogP contribution is 2.37. The fraction of sp³-hybridized carbons (Fsp3) is 0.200. The van der Waals surface area contributed by atoms with Gasteiger partial charge in [0.05, 0.1) is 5.56 Å². The third kappa shape index (κ3) is 2.68. The molecular weight excluding hydrogens is 378 g/mol. The van der Waals surface area contributed by atoms with E-state index in [0.717, 1.165) is 40.0 Å². The smallest absolute Gasteiger partial charge is 0.259 e. The average molecular weight is 390 g/mol. The van der Waals surface area contributed by atoms with E-state index < -0.39 is 0 Å². The van der Waals surface area contributed by atoms with Crippen LogP contribution < -0.4 is 5.32 Å². The van der Waals surface area contributed by atoms with Crippen molar-refractivity contribution in [1.29, 1.82) is 0 Å². The van der Waals surface area contributed by atoms with Crippen LogP contribution in [0.2, 0.25) is 0 Å². The van der Waals surface area contributed by atoms with Crippen molar-refractivity contribution in [3.05, 3.63) is 51.1 Å². The maximum atomic E-state index is 12.8. The molecule has 0 radical (unpaired) electrons. The zero-order valence-electron chi connectivity index (χ0n) is 12.0. The number of aromatic nitrogens is 4. The van der Waals surface area contributed by atoms with Gasteiger partial charge in [0.1, 0.15) is 11.3 Å². The van der Waals surface area contributed by atoms with Crippen molar-refractivity contribution < 1.29 is 4.79 Å².